The summed E-state index contributed by atoms with van der Waals surface area (Å²) in [7, 11) is 0. The number of hydrogen-bond donors (Lipinski definition) is 2. The highest BCUT2D eigenvalue weighted by Gasteiger charge is 2.45. The van der Waals surface area contributed by atoms with Crippen LogP contribution in [0.15, 0.2) is 24.3 Å². The molecule has 1 fully saturated rings. The Morgan fingerprint density at radius 1 is 1.29 bits per heavy atom. The molecule has 4 heteroatoms. The van der Waals surface area contributed by atoms with Gasteiger partial charge in [0.2, 0.25) is 5.91 Å². The molecule has 0 atom stereocenters. The molecule has 0 heterocycles. The Balaban J connectivity index is 2.02. The van der Waals surface area contributed by atoms with E-state index in [-0.39, 0.29) is 11.3 Å². The highest BCUT2D eigenvalue weighted by molar-refractivity contribution is 6.30. The van der Waals surface area contributed by atoms with Gasteiger partial charge < -0.3 is 11.1 Å². The van der Waals surface area contributed by atoms with Crippen LogP contribution in [-0.4, -0.2) is 19.0 Å². The number of amides is 1. The molecular weight excluding hydrogens is 284 g/mol. The summed E-state index contributed by atoms with van der Waals surface area (Å²) in [6.07, 6.45) is 3.78. The van der Waals surface area contributed by atoms with E-state index in [9.17, 15) is 4.79 Å². The summed E-state index contributed by atoms with van der Waals surface area (Å²) < 4.78 is 0. The average molecular weight is 309 g/mol. The maximum atomic E-state index is 12.5. The Morgan fingerprint density at radius 3 is 2.29 bits per heavy atom. The lowest BCUT2D eigenvalue weighted by Crippen LogP contribution is -2.47. The number of carbonyl (C=O) groups is 1. The van der Waals surface area contributed by atoms with Crippen molar-refractivity contribution in [3.63, 3.8) is 0 Å². The number of carbonyl (C=O) groups excluding carboxylic acids is 1. The molecule has 116 valence electrons. The second-order valence-electron chi connectivity index (χ2n) is 6.16. The van der Waals surface area contributed by atoms with Crippen LogP contribution >= 0.6 is 11.6 Å². The molecule has 0 saturated heterocycles. The molecule has 2 rings (SSSR count). The van der Waals surface area contributed by atoms with Crippen LogP contribution < -0.4 is 11.1 Å². The van der Waals surface area contributed by atoms with E-state index in [2.05, 4.69) is 17.4 Å². The van der Waals surface area contributed by atoms with Gasteiger partial charge in [-0.05, 0) is 43.4 Å². The first-order valence-corrected chi connectivity index (χ1v) is 8.14. The van der Waals surface area contributed by atoms with Gasteiger partial charge in [-0.1, -0.05) is 37.6 Å². The summed E-state index contributed by atoms with van der Waals surface area (Å²) in [5.74, 6) is 0.0928. The Morgan fingerprint density at radius 2 is 1.86 bits per heavy atom. The highest BCUT2D eigenvalue weighted by Crippen LogP contribution is 2.48. The van der Waals surface area contributed by atoms with E-state index >= 15 is 0 Å². The van der Waals surface area contributed by atoms with Crippen LogP contribution in [0.3, 0.4) is 0 Å². The first-order valence-electron chi connectivity index (χ1n) is 7.76. The van der Waals surface area contributed by atoms with Crippen molar-refractivity contribution >= 4 is 17.5 Å². The van der Waals surface area contributed by atoms with Gasteiger partial charge in [-0.2, -0.15) is 0 Å². The molecule has 3 N–H and O–H groups in total. The minimum absolute atomic E-state index is 0.0928. The maximum absolute atomic E-state index is 12.5. The van der Waals surface area contributed by atoms with Crippen molar-refractivity contribution in [1.29, 1.82) is 0 Å². The van der Waals surface area contributed by atoms with E-state index in [1.165, 1.54) is 5.56 Å². The quantitative estimate of drug-likeness (QED) is 0.812. The third kappa shape index (κ3) is 3.24. The number of benzene rings is 1. The number of halogens is 1. The van der Waals surface area contributed by atoms with E-state index < -0.39 is 5.41 Å². The lowest BCUT2D eigenvalue weighted by Gasteiger charge is -2.29. The molecule has 0 spiro atoms. The van der Waals surface area contributed by atoms with Crippen LogP contribution in [0.2, 0.25) is 5.02 Å². The van der Waals surface area contributed by atoms with Crippen molar-refractivity contribution in [2.75, 3.05) is 13.1 Å². The lowest BCUT2D eigenvalue weighted by molar-refractivity contribution is -0.131. The topological polar surface area (TPSA) is 55.1 Å². The van der Waals surface area contributed by atoms with Crippen molar-refractivity contribution in [2.24, 2.45) is 11.1 Å². The molecule has 21 heavy (non-hydrogen) atoms. The van der Waals surface area contributed by atoms with Gasteiger partial charge in [-0.25, -0.2) is 0 Å². The largest absolute Gasteiger partial charge is 0.355 e. The van der Waals surface area contributed by atoms with Gasteiger partial charge in [0, 0.05) is 23.5 Å². The second-order valence-corrected chi connectivity index (χ2v) is 6.60. The fraction of sp³-hybridized carbons (Fsp3) is 0.588. The highest BCUT2D eigenvalue weighted by atomic mass is 35.5. The first kappa shape index (κ1) is 16.3. The number of hydrogen-bond acceptors (Lipinski definition) is 2. The Bertz CT molecular complexity index is 482. The summed E-state index contributed by atoms with van der Waals surface area (Å²) in [5, 5.41) is 3.89. The molecule has 0 aliphatic heterocycles. The molecular formula is C17H25ClN2O. The van der Waals surface area contributed by atoms with Crippen LogP contribution in [0.1, 0.15) is 45.1 Å². The summed E-state index contributed by atoms with van der Waals surface area (Å²) in [6.45, 7) is 5.15. The van der Waals surface area contributed by atoms with E-state index in [1.54, 1.807) is 0 Å². The fourth-order valence-electron chi connectivity index (χ4n) is 2.91. The predicted molar refractivity (Wildman–Crippen MR) is 87.4 cm³/mol. The van der Waals surface area contributed by atoms with Crippen molar-refractivity contribution in [1.82, 2.24) is 5.32 Å². The molecule has 1 saturated carbocycles. The average Bonchev–Trinajstić information content (AvgIpc) is 3.29. The predicted octanol–water partition coefficient (Wildman–Crippen LogP) is 3.25. The Kier molecular flexibility index (Phi) is 4.95. The summed E-state index contributed by atoms with van der Waals surface area (Å²) in [6, 6.07) is 7.97. The molecule has 3 nitrogen and oxygen atoms in total. The molecule has 1 aromatic rings. The minimum Gasteiger partial charge on any atom is -0.355 e. The van der Waals surface area contributed by atoms with E-state index in [0.717, 1.165) is 30.7 Å². The van der Waals surface area contributed by atoms with Crippen molar-refractivity contribution < 1.29 is 4.79 Å². The Labute approximate surface area is 132 Å². The molecule has 1 amide bonds. The zero-order valence-electron chi connectivity index (χ0n) is 12.9. The van der Waals surface area contributed by atoms with Crippen molar-refractivity contribution in [3.05, 3.63) is 34.9 Å². The molecule has 1 aliphatic rings. The van der Waals surface area contributed by atoms with E-state index in [0.29, 0.717) is 13.1 Å². The van der Waals surface area contributed by atoms with Crippen molar-refractivity contribution in [2.45, 2.75) is 44.9 Å². The lowest BCUT2D eigenvalue weighted by atomic mass is 9.81. The normalized spacial score (nSPS) is 16.6. The molecule has 0 radical (unpaired) electrons. The fourth-order valence-corrected chi connectivity index (χ4v) is 3.04. The SMILES string of the molecule is CCC(CC)(CN)C(=O)NCC1(c2ccc(Cl)cc2)CC1. The number of nitrogens with two attached hydrogens (primary N) is 1. The standard InChI is InChI=1S/C17H25ClN2O/c1-3-16(4-2,11-19)15(21)20-12-17(9-10-17)13-5-7-14(18)8-6-13/h5-8H,3-4,9-12,19H2,1-2H3,(H,20,21). The van der Waals surface area contributed by atoms with Gasteiger partial charge in [0.05, 0.1) is 5.41 Å². The van der Waals surface area contributed by atoms with Gasteiger partial charge in [-0.15, -0.1) is 0 Å². The van der Waals surface area contributed by atoms with Gasteiger partial charge in [0.15, 0.2) is 0 Å². The first-order chi connectivity index (χ1) is 10.0. The van der Waals surface area contributed by atoms with Crippen LogP contribution in [0, 0.1) is 5.41 Å². The molecule has 0 bridgehead atoms. The number of rotatable bonds is 7. The minimum atomic E-state index is -0.421. The van der Waals surface area contributed by atoms with Crippen LogP contribution in [-0.2, 0) is 10.2 Å². The summed E-state index contributed by atoms with van der Waals surface area (Å²) >= 11 is 5.94. The number of nitrogens with one attached hydrogen (secondary N) is 1. The van der Waals surface area contributed by atoms with Crippen LogP contribution in [0.4, 0.5) is 0 Å². The third-order valence-electron chi connectivity index (χ3n) is 5.12. The molecule has 1 aliphatic carbocycles. The summed E-state index contributed by atoms with van der Waals surface area (Å²) in [4.78, 5) is 12.5. The van der Waals surface area contributed by atoms with Gasteiger partial charge in [0.25, 0.3) is 0 Å². The molecule has 0 aromatic heterocycles. The second kappa shape index (κ2) is 6.37. The summed E-state index contributed by atoms with van der Waals surface area (Å²) in [5.41, 5.74) is 6.78. The molecule has 1 aromatic carbocycles. The van der Waals surface area contributed by atoms with Crippen LogP contribution in [0.5, 0.6) is 0 Å². The van der Waals surface area contributed by atoms with Gasteiger partial charge in [-0.3, -0.25) is 4.79 Å². The van der Waals surface area contributed by atoms with E-state index in [4.69, 9.17) is 17.3 Å². The smallest absolute Gasteiger partial charge is 0.227 e. The van der Waals surface area contributed by atoms with E-state index in [1.807, 2.05) is 26.0 Å². The maximum Gasteiger partial charge on any atom is 0.227 e. The zero-order valence-corrected chi connectivity index (χ0v) is 13.7. The van der Waals surface area contributed by atoms with Crippen molar-refractivity contribution in [3.8, 4) is 0 Å². The molecule has 0 unspecified atom stereocenters. The van der Waals surface area contributed by atoms with Crippen LogP contribution in [0.25, 0.3) is 0 Å². The van der Waals surface area contributed by atoms with Gasteiger partial charge in [0.1, 0.15) is 0 Å². The zero-order chi connectivity index (χ0) is 15.5. The van der Waals surface area contributed by atoms with Gasteiger partial charge >= 0.3 is 0 Å². The Hall–Kier alpha value is -1.06. The third-order valence-corrected chi connectivity index (χ3v) is 5.38. The monoisotopic (exact) mass is 308 g/mol.